The molecule has 1 aromatic heterocycles. The predicted molar refractivity (Wildman–Crippen MR) is 116 cm³/mol. The number of carbonyl (C=O) groups excluding carboxylic acids is 1. The van der Waals surface area contributed by atoms with Crippen molar-refractivity contribution in [1.82, 2.24) is 14.8 Å². The molecule has 0 aliphatic rings. The minimum Gasteiger partial charge on any atom is -0.493 e. The van der Waals surface area contributed by atoms with Crippen LogP contribution in [0, 0.1) is 0 Å². The number of carbonyl (C=O) groups is 1. The molecular weight excluding hydrogens is 433 g/mol. The van der Waals surface area contributed by atoms with Crippen molar-refractivity contribution in [3.8, 4) is 22.9 Å². The number of Topliss-reactive ketones (excluding diaryl/α,β-unsaturated/α-hetero) is 1. The fourth-order valence-electron chi connectivity index (χ4n) is 2.77. The topological polar surface area (TPSA) is 66.2 Å². The van der Waals surface area contributed by atoms with E-state index in [1.54, 1.807) is 37.4 Å². The van der Waals surface area contributed by atoms with Gasteiger partial charge in [0.25, 0.3) is 0 Å². The molecule has 0 spiro atoms. The summed E-state index contributed by atoms with van der Waals surface area (Å²) in [4.78, 5) is 12.6. The second-order valence-electron chi connectivity index (χ2n) is 5.96. The number of hydrogen-bond acceptors (Lipinski definition) is 6. The van der Waals surface area contributed by atoms with Crippen LogP contribution in [0.4, 0.5) is 0 Å². The molecule has 0 N–H and O–H groups in total. The Morgan fingerprint density at radius 1 is 1.07 bits per heavy atom. The first-order valence-corrected chi connectivity index (χ1v) is 10.5. The van der Waals surface area contributed by atoms with Crippen LogP contribution in [0.3, 0.4) is 0 Å². The number of rotatable bonds is 8. The van der Waals surface area contributed by atoms with Gasteiger partial charge in [-0.05, 0) is 43.3 Å². The van der Waals surface area contributed by atoms with Crippen molar-refractivity contribution in [3.05, 3.63) is 52.0 Å². The van der Waals surface area contributed by atoms with Crippen LogP contribution in [0.15, 0.2) is 41.6 Å². The fraction of sp³-hybridized carbons (Fsp3) is 0.250. The smallest absolute Gasteiger partial charge is 0.191 e. The zero-order valence-electron chi connectivity index (χ0n) is 16.1. The molecule has 0 aliphatic carbocycles. The Hall–Kier alpha value is -2.22. The summed E-state index contributed by atoms with van der Waals surface area (Å²) in [7, 11) is 3.09. The van der Waals surface area contributed by atoms with Gasteiger partial charge in [-0.1, -0.05) is 35.0 Å². The van der Waals surface area contributed by atoms with E-state index in [1.807, 2.05) is 17.6 Å². The monoisotopic (exact) mass is 451 g/mol. The standard InChI is InChI=1S/C20H19Cl2N3O3S/c1-4-25-19(14-7-6-13(21)10-15(14)22)23-24-20(25)29-11-16(26)12-5-8-17(27-2)18(9-12)28-3/h5-10H,4,11H2,1-3H3. The van der Waals surface area contributed by atoms with E-state index in [4.69, 9.17) is 32.7 Å². The molecule has 0 unspecified atom stereocenters. The average Bonchev–Trinajstić information content (AvgIpc) is 3.13. The molecular formula is C20H19Cl2N3O3S. The highest BCUT2D eigenvalue weighted by Crippen LogP contribution is 2.32. The molecule has 0 saturated carbocycles. The number of methoxy groups -OCH3 is 2. The number of halogens is 2. The molecule has 0 fully saturated rings. The fourth-order valence-corrected chi connectivity index (χ4v) is 4.16. The van der Waals surface area contributed by atoms with Gasteiger partial charge in [-0.3, -0.25) is 4.79 Å². The molecule has 9 heteroatoms. The van der Waals surface area contributed by atoms with E-state index in [0.717, 1.165) is 5.56 Å². The van der Waals surface area contributed by atoms with Crippen molar-refractivity contribution < 1.29 is 14.3 Å². The molecule has 1 heterocycles. The minimum absolute atomic E-state index is 0.0484. The first-order valence-electron chi connectivity index (χ1n) is 8.75. The molecule has 6 nitrogen and oxygen atoms in total. The normalized spacial score (nSPS) is 10.8. The van der Waals surface area contributed by atoms with Crippen LogP contribution < -0.4 is 9.47 Å². The molecule has 0 aliphatic heterocycles. The van der Waals surface area contributed by atoms with Crippen molar-refractivity contribution >= 4 is 40.7 Å². The van der Waals surface area contributed by atoms with E-state index in [-0.39, 0.29) is 11.5 Å². The van der Waals surface area contributed by atoms with Gasteiger partial charge in [-0.25, -0.2) is 0 Å². The Morgan fingerprint density at radius 2 is 1.83 bits per heavy atom. The second-order valence-corrected chi connectivity index (χ2v) is 7.74. The van der Waals surface area contributed by atoms with Gasteiger partial charge >= 0.3 is 0 Å². The highest BCUT2D eigenvalue weighted by atomic mass is 35.5. The summed E-state index contributed by atoms with van der Waals surface area (Å²) in [6.45, 7) is 2.62. The molecule has 0 saturated heterocycles. The van der Waals surface area contributed by atoms with Gasteiger partial charge < -0.3 is 14.0 Å². The number of benzene rings is 2. The molecule has 0 bridgehead atoms. The number of ketones is 1. The molecule has 0 radical (unpaired) electrons. The van der Waals surface area contributed by atoms with Crippen LogP contribution in [0.5, 0.6) is 11.5 Å². The molecule has 3 aromatic rings. The zero-order chi connectivity index (χ0) is 21.0. The Kier molecular flexibility index (Phi) is 7.05. The Bertz CT molecular complexity index is 1040. The summed E-state index contributed by atoms with van der Waals surface area (Å²) in [5.74, 6) is 1.89. The van der Waals surface area contributed by atoms with Gasteiger partial charge in [-0.15, -0.1) is 10.2 Å². The zero-order valence-corrected chi connectivity index (χ0v) is 18.4. The van der Waals surface area contributed by atoms with Crippen LogP contribution >= 0.6 is 35.0 Å². The molecule has 2 aromatic carbocycles. The van der Waals surface area contributed by atoms with Crippen molar-refractivity contribution in [2.24, 2.45) is 0 Å². The van der Waals surface area contributed by atoms with Crippen molar-refractivity contribution in [2.75, 3.05) is 20.0 Å². The minimum atomic E-state index is -0.0484. The maximum atomic E-state index is 12.6. The van der Waals surface area contributed by atoms with Gasteiger partial charge in [0.05, 0.1) is 25.0 Å². The largest absolute Gasteiger partial charge is 0.493 e. The third kappa shape index (κ3) is 4.69. The lowest BCUT2D eigenvalue weighted by Crippen LogP contribution is -2.06. The van der Waals surface area contributed by atoms with Gasteiger partial charge in [0.1, 0.15) is 0 Å². The SMILES string of the molecule is CCn1c(SCC(=O)c2ccc(OC)c(OC)c2)nnc1-c1ccc(Cl)cc1Cl. The van der Waals surface area contributed by atoms with E-state index in [2.05, 4.69) is 10.2 Å². The van der Waals surface area contributed by atoms with E-state index in [0.29, 0.717) is 44.6 Å². The lowest BCUT2D eigenvalue weighted by atomic mass is 10.1. The molecule has 29 heavy (non-hydrogen) atoms. The molecule has 152 valence electrons. The molecule has 3 rings (SSSR count). The first-order chi connectivity index (χ1) is 14.0. The molecule has 0 atom stereocenters. The van der Waals surface area contributed by atoms with E-state index in [9.17, 15) is 4.79 Å². The quantitative estimate of drug-likeness (QED) is 0.343. The maximum absolute atomic E-state index is 12.6. The summed E-state index contributed by atoms with van der Waals surface area (Å²) < 4.78 is 12.4. The Balaban J connectivity index is 1.79. The maximum Gasteiger partial charge on any atom is 0.191 e. The third-order valence-corrected chi connectivity index (χ3v) is 5.76. The second kappa shape index (κ2) is 9.52. The summed E-state index contributed by atoms with van der Waals surface area (Å²) >= 11 is 13.6. The number of ether oxygens (including phenoxy) is 2. The van der Waals surface area contributed by atoms with Crippen LogP contribution in [-0.4, -0.2) is 40.5 Å². The number of hydrogen-bond donors (Lipinski definition) is 0. The van der Waals surface area contributed by atoms with Crippen molar-refractivity contribution in [3.63, 3.8) is 0 Å². The summed E-state index contributed by atoms with van der Waals surface area (Å²) in [6, 6.07) is 10.3. The number of thioether (sulfide) groups is 1. The van der Waals surface area contributed by atoms with Crippen LogP contribution in [0.25, 0.3) is 11.4 Å². The van der Waals surface area contributed by atoms with E-state index < -0.39 is 0 Å². The molecule has 0 amide bonds. The van der Waals surface area contributed by atoms with E-state index in [1.165, 1.54) is 18.9 Å². The van der Waals surface area contributed by atoms with Crippen LogP contribution in [-0.2, 0) is 6.54 Å². The van der Waals surface area contributed by atoms with Crippen molar-refractivity contribution in [2.45, 2.75) is 18.6 Å². The van der Waals surface area contributed by atoms with Gasteiger partial charge in [-0.2, -0.15) is 0 Å². The Labute approximate surface area is 183 Å². The highest BCUT2D eigenvalue weighted by molar-refractivity contribution is 7.99. The Morgan fingerprint density at radius 3 is 2.48 bits per heavy atom. The van der Waals surface area contributed by atoms with Crippen LogP contribution in [0.2, 0.25) is 10.0 Å². The van der Waals surface area contributed by atoms with Gasteiger partial charge in [0, 0.05) is 22.7 Å². The lowest BCUT2D eigenvalue weighted by Gasteiger charge is -2.10. The highest BCUT2D eigenvalue weighted by Gasteiger charge is 2.18. The number of nitrogens with zero attached hydrogens (tertiary/aromatic N) is 3. The average molecular weight is 452 g/mol. The van der Waals surface area contributed by atoms with Gasteiger partial charge in [0.2, 0.25) is 0 Å². The van der Waals surface area contributed by atoms with Crippen LogP contribution in [0.1, 0.15) is 17.3 Å². The summed E-state index contributed by atoms with van der Waals surface area (Å²) in [6.07, 6.45) is 0. The summed E-state index contributed by atoms with van der Waals surface area (Å²) in [5, 5.41) is 10.2. The predicted octanol–water partition coefficient (Wildman–Crippen LogP) is 5.26. The first kappa shape index (κ1) is 21.5. The lowest BCUT2D eigenvalue weighted by molar-refractivity contribution is 0.102. The third-order valence-electron chi connectivity index (χ3n) is 4.24. The number of aromatic nitrogens is 3. The van der Waals surface area contributed by atoms with E-state index >= 15 is 0 Å². The summed E-state index contributed by atoms with van der Waals surface area (Å²) in [5.41, 5.74) is 1.28. The van der Waals surface area contributed by atoms with Crippen molar-refractivity contribution in [1.29, 1.82) is 0 Å². The van der Waals surface area contributed by atoms with Gasteiger partial charge in [0.15, 0.2) is 28.3 Å².